The van der Waals surface area contributed by atoms with Gasteiger partial charge in [0.2, 0.25) is 0 Å². The molecule has 0 aromatic carbocycles. The van der Waals surface area contributed by atoms with Gasteiger partial charge in [-0.05, 0) is 11.8 Å². The lowest BCUT2D eigenvalue weighted by Crippen LogP contribution is -2.31. The normalized spacial score (nSPS) is 15.2. The number of hydrogen-bond donors (Lipinski definition) is 0. The van der Waals surface area contributed by atoms with Crippen LogP contribution in [-0.2, 0) is 0 Å². The van der Waals surface area contributed by atoms with Crippen LogP contribution in [0.3, 0.4) is 0 Å². The first-order chi connectivity index (χ1) is 5.37. The summed E-state index contributed by atoms with van der Waals surface area (Å²) in [5.74, 6) is -0.604. The van der Waals surface area contributed by atoms with E-state index in [0.29, 0.717) is 0 Å². The summed E-state index contributed by atoms with van der Waals surface area (Å²) >= 11 is 0. The van der Waals surface area contributed by atoms with E-state index in [-0.39, 0.29) is 11.8 Å². The van der Waals surface area contributed by atoms with Crippen LogP contribution in [0.4, 0.5) is 13.2 Å². The predicted molar refractivity (Wildman–Crippen MR) is 44.1 cm³/mol. The molecule has 0 aromatic rings. The van der Waals surface area contributed by atoms with E-state index >= 15 is 0 Å². The van der Waals surface area contributed by atoms with Crippen LogP contribution in [0.1, 0.15) is 27.7 Å². The highest BCUT2D eigenvalue weighted by Gasteiger charge is 2.33. The smallest absolute Gasteiger partial charge is 0.241 e. The summed E-state index contributed by atoms with van der Waals surface area (Å²) in [6.45, 7) is 7.11. The first kappa shape index (κ1) is 11.8. The van der Waals surface area contributed by atoms with Gasteiger partial charge in [-0.1, -0.05) is 27.7 Å². The van der Waals surface area contributed by atoms with E-state index < -0.39 is 18.5 Å². The molecule has 0 aliphatic heterocycles. The molecule has 0 aliphatic carbocycles. The predicted octanol–water partition coefficient (Wildman–Crippen LogP) is 3.52. The van der Waals surface area contributed by atoms with Crippen LogP contribution < -0.4 is 0 Å². The van der Waals surface area contributed by atoms with E-state index in [9.17, 15) is 13.2 Å². The Balaban J connectivity index is 4.30. The molecule has 0 bridgehead atoms. The minimum atomic E-state index is -2.85. The summed E-state index contributed by atoms with van der Waals surface area (Å²) in [7, 11) is 0. The Hall–Kier alpha value is -0.210. The fourth-order valence-electron chi connectivity index (χ4n) is 1.67. The molecule has 1 unspecified atom stereocenters. The van der Waals surface area contributed by atoms with Crippen molar-refractivity contribution in [1.82, 2.24) is 0 Å². The Morgan fingerprint density at radius 3 is 1.17 bits per heavy atom. The van der Waals surface area contributed by atoms with Gasteiger partial charge in [0, 0.05) is 5.92 Å². The van der Waals surface area contributed by atoms with E-state index in [0.717, 1.165) is 0 Å². The summed E-state index contributed by atoms with van der Waals surface area (Å²) < 4.78 is 37.0. The van der Waals surface area contributed by atoms with Crippen molar-refractivity contribution >= 4 is 0 Å². The molecule has 0 saturated carbocycles. The number of rotatable bonds is 4. The number of alkyl halides is 3. The third kappa shape index (κ3) is 3.03. The lowest BCUT2D eigenvalue weighted by molar-refractivity contribution is -0.0120. The first-order valence-electron chi connectivity index (χ1n) is 4.30. The fraction of sp³-hybridized carbons (Fsp3) is 1.00. The van der Waals surface area contributed by atoms with Crippen LogP contribution in [0.15, 0.2) is 0 Å². The molecule has 0 rings (SSSR count). The minimum absolute atomic E-state index is 0.0333. The Bertz CT molecular complexity index is 113. The van der Waals surface area contributed by atoms with Gasteiger partial charge in [0.15, 0.2) is 6.17 Å². The SMILES string of the molecule is CC(C)C(C(C)C)C(F)C(F)F. The average Bonchev–Trinajstić information content (AvgIpc) is 1.85. The quantitative estimate of drug-likeness (QED) is 0.624. The van der Waals surface area contributed by atoms with E-state index in [2.05, 4.69) is 0 Å². The maximum atomic E-state index is 12.9. The third-order valence-corrected chi connectivity index (χ3v) is 2.15. The zero-order valence-corrected chi connectivity index (χ0v) is 8.02. The van der Waals surface area contributed by atoms with E-state index in [4.69, 9.17) is 0 Å². The molecule has 12 heavy (non-hydrogen) atoms. The highest BCUT2D eigenvalue weighted by atomic mass is 19.3. The molecule has 74 valence electrons. The molecule has 0 spiro atoms. The molecular formula is C9H17F3. The largest absolute Gasteiger partial charge is 0.269 e. The molecule has 0 saturated heterocycles. The number of hydrogen-bond acceptors (Lipinski definition) is 0. The Labute approximate surface area is 72.2 Å². The van der Waals surface area contributed by atoms with Crippen molar-refractivity contribution in [2.24, 2.45) is 17.8 Å². The van der Waals surface area contributed by atoms with Gasteiger partial charge in [-0.2, -0.15) is 0 Å². The highest BCUT2D eigenvalue weighted by Crippen LogP contribution is 2.29. The van der Waals surface area contributed by atoms with Gasteiger partial charge in [-0.3, -0.25) is 0 Å². The van der Waals surface area contributed by atoms with Gasteiger partial charge in [0.25, 0.3) is 6.43 Å². The van der Waals surface area contributed by atoms with Crippen molar-refractivity contribution in [2.45, 2.75) is 40.3 Å². The van der Waals surface area contributed by atoms with Crippen LogP contribution >= 0.6 is 0 Å². The summed E-state index contributed by atoms with van der Waals surface area (Å²) in [6, 6.07) is 0. The van der Waals surface area contributed by atoms with Crippen LogP contribution in [0.5, 0.6) is 0 Å². The summed E-state index contributed by atoms with van der Waals surface area (Å²) in [4.78, 5) is 0. The molecular weight excluding hydrogens is 165 g/mol. The lowest BCUT2D eigenvalue weighted by Gasteiger charge is -2.27. The molecule has 0 N–H and O–H groups in total. The second-order valence-corrected chi connectivity index (χ2v) is 3.84. The molecule has 0 fully saturated rings. The summed E-state index contributed by atoms with van der Waals surface area (Å²) in [6.07, 6.45) is -4.83. The zero-order valence-electron chi connectivity index (χ0n) is 8.02. The first-order valence-corrected chi connectivity index (χ1v) is 4.30. The minimum Gasteiger partial charge on any atom is -0.241 e. The van der Waals surface area contributed by atoms with E-state index in [1.807, 2.05) is 0 Å². The Morgan fingerprint density at radius 2 is 1.08 bits per heavy atom. The van der Waals surface area contributed by atoms with Crippen molar-refractivity contribution in [3.63, 3.8) is 0 Å². The van der Waals surface area contributed by atoms with Gasteiger partial charge in [-0.15, -0.1) is 0 Å². The van der Waals surface area contributed by atoms with Crippen molar-refractivity contribution < 1.29 is 13.2 Å². The van der Waals surface area contributed by atoms with Crippen molar-refractivity contribution in [3.05, 3.63) is 0 Å². The average molecular weight is 182 g/mol. The van der Waals surface area contributed by atoms with Gasteiger partial charge >= 0.3 is 0 Å². The highest BCUT2D eigenvalue weighted by molar-refractivity contribution is 4.76. The van der Waals surface area contributed by atoms with Gasteiger partial charge in [0.1, 0.15) is 0 Å². The summed E-state index contributed by atoms with van der Waals surface area (Å²) in [5.41, 5.74) is 0. The van der Waals surface area contributed by atoms with E-state index in [1.165, 1.54) is 0 Å². The Morgan fingerprint density at radius 1 is 0.750 bits per heavy atom. The van der Waals surface area contributed by atoms with E-state index in [1.54, 1.807) is 27.7 Å². The second-order valence-electron chi connectivity index (χ2n) is 3.84. The van der Waals surface area contributed by atoms with Gasteiger partial charge < -0.3 is 0 Å². The zero-order chi connectivity index (χ0) is 9.89. The van der Waals surface area contributed by atoms with Crippen LogP contribution in [0, 0.1) is 17.8 Å². The molecule has 0 amide bonds. The standard InChI is InChI=1S/C9H17F3/c1-5(2)7(6(3)4)8(10)9(11)12/h5-9H,1-4H3. The molecule has 0 heterocycles. The maximum absolute atomic E-state index is 12.9. The molecule has 0 nitrogen and oxygen atoms in total. The molecule has 0 aromatic heterocycles. The van der Waals surface area contributed by atoms with Gasteiger partial charge in [-0.25, -0.2) is 13.2 Å². The molecule has 3 heteroatoms. The van der Waals surface area contributed by atoms with Crippen molar-refractivity contribution in [3.8, 4) is 0 Å². The van der Waals surface area contributed by atoms with Gasteiger partial charge in [0.05, 0.1) is 0 Å². The fourth-order valence-corrected chi connectivity index (χ4v) is 1.67. The molecule has 1 atom stereocenters. The summed E-state index contributed by atoms with van der Waals surface area (Å²) in [5, 5.41) is 0. The van der Waals surface area contributed by atoms with Crippen molar-refractivity contribution in [1.29, 1.82) is 0 Å². The van der Waals surface area contributed by atoms with Crippen molar-refractivity contribution in [2.75, 3.05) is 0 Å². The monoisotopic (exact) mass is 182 g/mol. The van der Waals surface area contributed by atoms with Crippen LogP contribution in [0.2, 0.25) is 0 Å². The topological polar surface area (TPSA) is 0 Å². The second kappa shape index (κ2) is 4.73. The van der Waals surface area contributed by atoms with Crippen LogP contribution in [-0.4, -0.2) is 12.6 Å². The Kier molecular flexibility index (Phi) is 4.64. The lowest BCUT2D eigenvalue weighted by atomic mass is 9.82. The van der Waals surface area contributed by atoms with Crippen LogP contribution in [0.25, 0.3) is 0 Å². The molecule has 0 aliphatic rings. The molecule has 0 radical (unpaired) electrons. The number of halogens is 3. The maximum Gasteiger partial charge on any atom is 0.269 e. The third-order valence-electron chi connectivity index (χ3n) is 2.15.